The van der Waals surface area contributed by atoms with E-state index >= 15 is 0 Å². The normalized spacial score (nSPS) is 18.9. The van der Waals surface area contributed by atoms with Gasteiger partial charge in [0, 0.05) is 6.04 Å². The van der Waals surface area contributed by atoms with Gasteiger partial charge in [0.2, 0.25) is 0 Å². The van der Waals surface area contributed by atoms with E-state index in [0.29, 0.717) is 6.61 Å². The number of fused-ring (bicyclic) bond motifs is 1. The topological polar surface area (TPSA) is 35.2 Å². The molecule has 1 aromatic carbocycles. The van der Waals surface area contributed by atoms with Crippen LogP contribution in [0.25, 0.3) is 0 Å². The molecule has 0 aliphatic heterocycles. The van der Waals surface area contributed by atoms with Gasteiger partial charge in [0.05, 0.1) is 6.61 Å². The zero-order valence-corrected chi connectivity index (χ0v) is 9.61. The summed E-state index contributed by atoms with van der Waals surface area (Å²) in [6, 6.07) is 6.48. The molecule has 0 bridgehead atoms. The molecule has 0 heterocycles. The quantitative estimate of drug-likeness (QED) is 0.621. The largest absolute Gasteiger partial charge is 0.493 e. The Labute approximate surface area is 97.1 Å². The molecule has 1 atom stereocenters. The molecule has 0 unspecified atom stereocenters. The van der Waals surface area contributed by atoms with E-state index in [2.05, 4.69) is 18.7 Å². The highest BCUT2D eigenvalue weighted by Crippen LogP contribution is 2.30. The lowest BCUT2D eigenvalue weighted by molar-refractivity contribution is 0.324. The molecule has 0 radical (unpaired) electrons. The van der Waals surface area contributed by atoms with Crippen LogP contribution in [0.5, 0.6) is 5.75 Å². The van der Waals surface area contributed by atoms with E-state index in [4.69, 9.17) is 10.5 Å². The first-order valence-electron chi connectivity index (χ1n) is 5.93. The Morgan fingerprint density at radius 3 is 3.19 bits per heavy atom. The second-order valence-corrected chi connectivity index (χ2v) is 4.29. The molecule has 0 fully saturated rings. The maximum atomic E-state index is 6.10. The summed E-state index contributed by atoms with van der Waals surface area (Å²) in [4.78, 5) is 0. The van der Waals surface area contributed by atoms with Crippen molar-refractivity contribution in [2.24, 2.45) is 5.73 Å². The van der Waals surface area contributed by atoms with Gasteiger partial charge in [-0.3, -0.25) is 0 Å². The highest BCUT2D eigenvalue weighted by Gasteiger charge is 2.16. The van der Waals surface area contributed by atoms with Gasteiger partial charge in [-0.05, 0) is 48.9 Å². The van der Waals surface area contributed by atoms with Crippen LogP contribution in [0.4, 0.5) is 0 Å². The molecule has 1 aliphatic carbocycles. The van der Waals surface area contributed by atoms with Crippen molar-refractivity contribution in [1.29, 1.82) is 0 Å². The van der Waals surface area contributed by atoms with Gasteiger partial charge in [0.1, 0.15) is 5.75 Å². The van der Waals surface area contributed by atoms with Crippen LogP contribution in [-0.2, 0) is 6.42 Å². The van der Waals surface area contributed by atoms with Crippen LogP contribution in [0.15, 0.2) is 30.9 Å². The smallest absolute Gasteiger partial charge is 0.119 e. The summed E-state index contributed by atoms with van der Waals surface area (Å²) in [6.45, 7) is 4.37. The van der Waals surface area contributed by atoms with E-state index in [1.165, 1.54) is 17.5 Å². The highest BCUT2D eigenvalue weighted by atomic mass is 16.5. The number of hydrogen-bond donors (Lipinski definition) is 1. The molecule has 0 saturated carbocycles. The molecule has 1 aliphatic rings. The lowest BCUT2D eigenvalue weighted by atomic mass is 9.88. The van der Waals surface area contributed by atoms with E-state index in [0.717, 1.165) is 25.0 Å². The SMILES string of the molecule is C=CCCOc1ccc2c(c1)[C@H](N)CCC2. The van der Waals surface area contributed by atoms with Crippen LogP contribution < -0.4 is 10.5 Å². The first-order chi connectivity index (χ1) is 7.81. The van der Waals surface area contributed by atoms with Crippen LogP contribution in [0.2, 0.25) is 0 Å². The van der Waals surface area contributed by atoms with Gasteiger partial charge >= 0.3 is 0 Å². The Hall–Kier alpha value is -1.28. The summed E-state index contributed by atoms with van der Waals surface area (Å²) >= 11 is 0. The average molecular weight is 217 g/mol. The Morgan fingerprint density at radius 1 is 1.50 bits per heavy atom. The Kier molecular flexibility index (Phi) is 3.62. The third-order valence-electron chi connectivity index (χ3n) is 3.07. The summed E-state index contributed by atoms with van der Waals surface area (Å²) < 4.78 is 5.63. The van der Waals surface area contributed by atoms with E-state index in [9.17, 15) is 0 Å². The second-order valence-electron chi connectivity index (χ2n) is 4.29. The maximum Gasteiger partial charge on any atom is 0.119 e. The van der Waals surface area contributed by atoms with Crippen LogP contribution in [-0.4, -0.2) is 6.61 Å². The fourth-order valence-electron chi connectivity index (χ4n) is 2.16. The lowest BCUT2D eigenvalue weighted by Gasteiger charge is -2.22. The molecular weight excluding hydrogens is 198 g/mol. The molecule has 0 spiro atoms. The van der Waals surface area contributed by atoms with E-state index in [1.54, 1.807) is 0 Å². The van der Waals surface area contributed by atoms with Crippen LogP contribution in [0, 0.1) is 0 Å². The summed E-state index contributed by atoms with van der Waals surface area (Å²) in [5.41, 5.74) is 8.75. The number of hydrogen-bond acceptors (Lipinski definition) is 2. The molecule has 2 nitrogen and oxygen atoms in total. The monoisotopic (exact) mass is 217 g/mol. The Bertz CT molecular complexity index is 373. The standard InChI is InChI=1S/C14H19NO/c1-2-3-9-16-12-8-7-11-5-4-6-14(15)13(11)10-12/h2,7-8,10,14H,1,3-6,9,15H2/t14-/m1/s1. The fourth-order valence-corrected chi connectivity index (χ4v) is 2.16. The summed E-state index contributed by atoms with van der Waals surface area (Å²) in [5.74, 6) is 0.929. The molecule has 2 heteroatoms. The van der Waals surface area contributed by atoms with E-state index in [1.807, 2.05) is 12.1 Å². The zero-order chi connectivity index (χ0) is 11.4. The molecule has 0 saturated heterocycles. The van der Waals surface area contributed by atoms with Gasteiger partial charge in [-0.2, -0.15) is 0 Å². The van der Waals surface area contributed by atoms with Crippen molar-refractivity contribution in [2.75, 3.05) is 6.61 Å². The van der Waals surface area contributed by atoms with E-state index in [-0.39, 0.29) is 6.04 Å². The molecule has 2 N–H and O–H groups in total. The number of benzene rings is 1. The first kappa shape index (κ1) is 11.2. The van der Waals surface area contributed by atoms with Crippen molar-refractivity contribution in [1.82, 2.24) is 0 Å². The van der Waals surface area contributed by atoms with Crippen molar-refractivity contribution in [3.05, 3.63) is 42.0 Å². The van der Waals surface area contributed by atoms with Crippen LogP contribution in [0.1, 0.15) is 36.4 Å². The number of nitrogens with two attached hydrogens (primary N) is 1. The van der Waals surface area contributed by atoms with Crippen molar-refractivity contribution >= 4 is 0 Å². The van der Waals surface area contributed by atoms with Crippen molar-refractivity contribution in [3.63, 3.8) is 0 Å². The molecule has 16 heavy (non-hydrogen) atoms. The van der Waals surface area contributed by atoms with Crippen molar-refractivity contribution in [2.45, 2.75) is 31.7 Å². The van der Waals surface area contributed by atoms with Gasteiger partial charge < -0.3 is 10.5 Å². The minimum atomic E-state index is 0.187. The first-order valence-corrected chi connectivity index (χ1v) is 5.93. The van der Waals surface area contributed by atoms with Crippen molar-refractivity contribution in [3.8, 4) is 5.75 Å². The third-order valence-corrected chi connectivity index (χ3v) is 3.07. The highest BCUT2D eigenvalue weighted by molar-refractivity contribution is 5.39. The van der Waals surface area contributed by atoms with Gasteiger partial charge in [0.15, 0.2) is 0 Å². The number of rotatable bonds is 4. The van der Waals surface area contributed by atoms with E-state index < -0.39 is 0 Å². The molecule has 2 rings (SSSR count). The Balaban J connectivity index is 2.11. The zero-order valence-electron chi connectivity index (χ0n) is 9.61. The lowest BCUT2D eigenvalue weighted by Crippen LogP contribution is -2.17. The minimum absolute atomic E-state index is 0.187. The van der Waals surface area contributed by atoms with Gasteiger partial charge in [-0.25, -0.2) is 0 Å². The van der Waals surface area contributed by atoms with Gasteiger partial charge in [-0.1, -0.05) is 12.1 Å². The van der Waals surface area contributed by atoms with Crippen LogP contribution in [0.3, 0.4) is 0 Å². The molecule has 86 valence electrons. The van der Waals surface area contributed by atoms with Crippen LogP contribution >= 0.6 is 0 Å². The van der Waals surface area contributed by atoms with Gasteiger partial charge in [0.25, 0.3) is 0 Å². The molecule has 0 amide bonds. The second kappa shape index (κ2) is 5.17. The third kappa shape index (κ3) is 2.45. The van der Waals surface area contributed by atoms with Crippen molar-refractivity contribution < 1.29 is 4.74 Å². The summed E-state index contributed by atoms with van der Waals surface area (Å²) in [5, 5.41) is 0. The van der Waals surface area contributed by atoms with Gasteiger partial charge in [-0.15, -0.1) is 6.58 Å². The fraction of sp³-hybridized carbons (Fsp3) is 0.429. The summed E-state index contributed by atoms with van der Waals surface area (Å²) in [6.07, 6.45) is 6.18. The minimum Gasteiger partial charge on any atom is -0.493 e. The molecule has 0 aromatic heterocycles. The number of ether oxygens (including phenoxy) is 1. The molecule has 1 aromatic rings. The predicted molar refractivity (Wildman–Crippen MR) is 66.6 cm³/mol. The Morgan fingerprint density at radius 2 is 2.38 bits per heavy atom. The maximum absolute atomic E-state index is 6.10. The predicted octanol–water partition coefficient (Wildman–Crippen LogP) is 2.98. The summed E-state index contributed by atoms with van der Waals surface area (Å²) in [7, 11) is 0. The number of aryl methyl sites for hydroxylation is 1. The average Bonchev–Trinajstić information content (AvgIpc) is 2.30. The molecular formula is C14H19NO.